The second-order valence-corrected chi connectivity index (χ2v) is 3.07. The van der Waals surface area contributed by atoms with Gasteiger partial charge >= 0.3 is 6.11 Å². The Hall–Kier alpha value is -1.48. The van der Waals surface area contributed by atoms with Crippen molar-refractivity contribution in [3.05, 3.63) is 48.0 Å². The molecule has 1 nitrogen and oxygen atoms in total. The number of fused-ring (bicyclic) bond motifs is 1. The largest absolute Gasteiger partial charge is 0.381 e. The first-order valence-corrected chi connectivity index (χ1v) is 4.17. The number of benzene rings is 2. The maximum Gasteiger partial charge on any atom is 0.381 e. The zero-order chi connectivity index (χ0) is 10.2. The number of aliphatic hydroxyl groups is 1. The van der Waals surface area contributed by atoms with E-state index in [9.17, 15) is 8.78 Å². The van der Waals surface area contributed by atoms with Crippen molar-refractivity contribution in [1.29, 1.82) is 0 Å². The van der Waals surface area contributed by atoms with Gasteiger partial charge in [0.25, 0.3) is 0 Å². The maximum atomic E-state index is 12.7. The molecule has 0 aliphatic carbocycles. The predicted molar refractivity (Wildman–Crippen MR) is 50.1 cm³/mol. The Kier molecular flexibility index (Phi) is 1.97. The van der Waals surface area contributed by atoms with Crippen molar-refractivity contribution in [3.8, 4) is 0 Å². The van der Waals surface area contributed by atoms with Gasteiger partial charge in [0.05, 0.1) is 5.56 Å². The van der Waals surface area contributed by atoms with Crippen LogP contribution in [0.4, 0.5) is 8.78 Å². The SMILES string of the molecule is OC(F)(F)c1cccc2ccccc12. The van der Waals surface area contributed by atoms with Gasteiger partial charge in [-0.2, -0.15) is 8.78 Å². The van der Waals surface area contributed by atoms with Crippen molar-refractivity contribution >= 4 is 10.8 Å². The molecular weight excluding hydrogens is 186 g/mol. The van der Waals surface area contributed by atoms with Gasteiger partial charge in [-0.1, -0.05) is 36.4 Å². The summed E-state index contributed by atoms with van der Waals surface area (Å²) in [6.07, 6.45) is -3.78. The lowest BCUT2D eigenvalue weighted by atomic mass is 10.0. The van der Waals surface area contributed by atoms with E-state index in [0.29, 0.717) is 10.8 Å². The first kappa shape index (κ1) is 9.09. The Bertz CT molecular complexity index is 455. The summed E-state index contributed by atoms with van der Waals surface area (Å²) in [4.78, 5) is 0. The summed E-state index contributed by atoms with van der Waals surface area (Å²) in [5.41, 5.74) is -0.351. The van der Waals surface area contributed by atoms with Crippen molar-refractivity contribution < 1.29 is 13.9 Å². The first-order chi connectivity index (χ1) is 6.59. The summed E-state index contributed by atoms with van der Waals surface area (Å²) in [6, 6.07) is 11.2. The van der Waals surface area contributed by atoms with Gasteiger partial charge < -0.3 is 5.11 Å². The van der Waals surface area contributed by atoms with Crippen molar-refractivity contribution in [3.63, 3.8) is 0 Å². The fourth-order valence-corrected chi connectivity index (χ4v) is 1.49. The molecule has 0 aromatic heterocycles. The third kappa shape index (κ3) is 1.46. The molecule has 14 heavy (non-hydrogen) atoms. The molecule has 0 saturated carbocycles. The topological polar surface area (TPSA) is 20.2 Å². The fourth-order valence-electron chi connectivity index (χ4n) is 1.49. The highest BCUT2D eigenvalue weighted by atomic mass is 19.3. The van der Waals surface area contributed by atoms with E-state index in [-0.39, 0.29) is 5.56 Å². The van der Waals surface area contributed by atoms with Gasteiger partial charge in [0, 0.05) is 0 Å². The molecule has 2 aromatic carbocycles. The highest BCUT2D eigenvalue weighted by Gasteiger charge is 2.29. The zero-order valence-corrected chi connectivity index (χ0v) is 7.24. The van der Waals surface area contributed by atoms with E-state index in [4.69, 9.17) is 5.11 Å². The lowest BCUT2D eigenvalue weighted by Crippen LogP contribution is -2.11. The minimum absolute atomic E-state index is 0.351. The zero-order valence-electron chi connectivity index (χ0n) is 7.24. The van der Waals surface area contributed by atoms with Gasteiger partial charge in [-0.15, -0.1) is 0 Å². The molecule has 0 spiro atoms. The lowest BCUT2D eigenvalue weighted by Gasteiger charge is -2.11. The molecule has 1 N–H and O–H groups in total. The summed E-state index contributed by atoms with van der Waals surface area (Å²) < 4.78 is 25.5. The third-order valence-electron chi connectivity index (χ3n) is 2.11. The van der Waals surface area contributed by atoms with Gasteiger partial charge in [-0.3, -0.25) is 0 Å². The molecule has 0 heterocycles. The van der Waals surface area contributed by atoms with Crippen LogP contribution in [-0.4, -0.2) is 5.11 Å². The molecule has 0 radical (unpaired) electrons. The summed E-state index contributed by atoms with van der Waals surface area (Å²) in [7, 11) is 0. The predicted octanol–water partition coefficient (Wildman–Crippen LogP) is 2.88. The standard InChI is InChI=1S/C11H8F2O/c12-11(13,14)10-7-3-5-8-4-1-2-6-9(8)10/h1-7,14H. The molecular formula is C11H8F2O. The summed E-state index contributed by atoms with van der Waals surface area (Å²) in [5, 5.41) is 9.72. The minimum Gasteiger partial charge on any atom is -0.332 e. The van der Waals surface area contributed by atoms with E-state index in [1.807, 2.05) is 0 Å². The summed E-state index contributed by atoms with van der Waals surface area (Å²) in [6.45, 7) is 0. The number of hydrogen-bond donors (Lipinski definition) is 1. The Morgan fingerprint density at radius 2 is 1.57 bits per heavy atom. The van der Waals surface area contributed by atoms with Gasteiger partial charge in [-0.05, 0) is 16.8 Å². The van der Waals surface area contributed by atoms with E-state index in [2.05, 4.69) is 0 Å². The molecule has 0 bridgehead atoms. The monoisotopic (exact) mass is 194 g/mol. The number of halogens is 2. The Morgan fingerprint density at radius 1 is 0.929 bits per heavy atom. The van der Waals surface area contributed by atoms with Crippen molar-refractivity contribution in [2.24, 2.45) is 0 Å². The Labute approximate surface area is 79.6 Å². The van der Waals surface area contributed by atoms with E-state index < -0.39 is 6.11 Å². The molecule has 0 amide bonds. The summed E-state index contributed by atoms with van der Waals surface area (Å²) >= 11 is 0. The molecule has 72 valence electrons. The fraction of sp³-hybridized carbons (Fsp3) is 0.0909. The van der Waals surface area contributed by atoms with E-state index in [1.54, 1.807) is 30.3 Å². The van der Waals surface area contributed by atoms with E-state index in [1.165, 1.54) is 12.1 Å². The molecule has 2 aromatic rings. The third-order valence-corrected chi connectivity index (χ3v) is 2.11. The first-order valence-electron chi connectivity index (χ1n) is 4.17. The van der Waals surface area contributed by atoms with Gasteiger partial charge in [0.2, 0.25) is 0 Å². The van der Waals surface area contributed by atoms with Crippen LogP contribution in [0, 0.1) is 0 Å². The Morgan fingerprint density at radius 3 is 2.29 bits per heavy atom. The molecule has 0 aliphatic heterocycles. The van der Waals surface area contributed by atoms with Gasteiger partial charge in [-0.25, -0.2) is 0 Å². The molecule has 0 aliphatic rings. The van der Waals surface area contributed by atoms with Crippen LogP contribution in [-0.2, 0) is 6.11 Å². The highest BCUT2D eigenvalue weighted by molar-refractivity contribution is 5.86. The van der Waals surface area contributed by atoms with Crippen LogP contribution in [0.15, 0.2) is 42.5 Å². The quantitative estimate of drug-likeness (QED) is 0.740. The van der Waals surface area contributed by atoms with Crippen LogP contribution in [0.5, 0.6) is 0 Å². The van der Waals surface area contributed by atoms with Crippen LogP contribution in [0.1, 0.15) is 5.56 Å². The normalized spacial score (nSPS) is 11.9. The maximum absolute atomic E-state index is 12.7. The smallest absolute Gasteiger partial charge is 0.332 e. The van der Waals surface area contributed by atoms with E-state index in [0.717, 1.165) is 0 Å². The molecule has 3 heteroatoms. The molecule has 0 atom stereocenters. The molecule has 0 unspecified atom stereocenters. The highest BCUT2D eigenvalue weighted by Crippen LogP contribution is 2.30. The summed E-state index contributed by atoms with van der Waals surface area (Å²) in [5.74, 6) is 0. The molecule has 0 fully saturated rings. The second kappa shape index (κ2) is 3.03. The Balaban J connectivity index is 2.78. The lowest BCUT2D eigenvalue weighted by molar-refractivity contribution is -0.207. The number of alkyl halides is 2. The molecule has 0 saturated heterocycles. The van der Waals surface area contributed by atoms with Crippen LogP contribution < -0.4 is 0 Å². The van der Waals surface area contributed by atoms with Gasteiger partial charge in [0.15, 0.2) is 0 Å². The van der Waals surface area contributed by atoms with Crippen LogP contribution >= 0.6 is 0 Å². The van der Waals surface area contributed by atoms with E-state index >= 15 is 0 Å². The van der Waals surface area contributed by atoms with Crippen LogP contribution in [0.3, 0.4) is 0 Å². The van der Waals surface area contributed by atoms with Crippen LogP contribution in [0.2, 0.25) is 0 Å². The number of hydrogen-bond acceptors (Lipinski definition) is 1. The van der Waals surface area contributed by atoms with Gasteiger partial charge in [0.1, 0.15) is 0 Å². The second-order valence-electron chi connectivity index (χ2n) is 3.07. The average molecular weight is 194 g/mol. The average Bonchev–Trinajstić information content (AvgIpc) is 2.15. The van der Waals surface area contributed by atoms with Crippen molar-refractivity contribution in [2.75, 3.05) is 0 Å². The van der Waals surface area contributed by atoms with Crippen molar-refractivity contribution in [2.45, 2.75) is 6.11 Å². The van der Waals surface area contributed by atoms with Crippen molar-refractivity contribution in [1.82, 2.24) is 0 Å². The van der Waals surface area contributed by atoms with Crippen LogP contribution in [0.25, 0.3) is 10.8 Å². The number of rotatable bonds is 1. The molecule has 2 rings (SSSR count). The minimum atomic E-state index is -3.78.